The normalized spacial score (nSPS) is 11.9. The molecule has 5 nitrogen and oxygen atoms in total. The molecule has 0 atom stereocenters. The number of rotatable bonds is 5. The van der Waals surface area contributed by atoms with E-state index in [1.807, 2.05) is 18.2 Å². The van der Waals surface area contributed by atoms with Crippen LogP contribution >= 0.6 is 0 Å². The molecule has 0 N–H and O–H groups in total. The van der Waals surface area contributed by atoms with Crippen molar-refractivity contribution in [2.24, 2.45) is 0 Å². The molecule has 288 valence electrons. The zero-order valence-electron chi connectivity index (χ0n) is 33.3. The van der Waals surface area contributed by atoms with Crippen LogP contribution in [0.15, 0.2) is 211 Å². The van der Waals surface area contributed by atoms with Gasteiger partial charge in [-0.25, -0.2) is 15.0 Å². The highest BCUT2D eigenvalue weighted by atomic mass is 16.3. The second-order valence-electron chi connectivity index (χ2n) is 16.0. The maximum atomic E-state index is 6.73. The molecule has 13 aromatic rings. The Kier molecular flexibility index (Phi) is 7.54. The van der Waals surface area contributed by atoms with E-state index in [4.69, 9.17) is 19.4 Å². The summed E-state index contributed by atoms with van der Waals surface area (Å²) in [6.45, 7) is 0. The molecule has 3 aromatic heterocycles. The molecule has 5 heteroatoms. The zero-order valence-corrected chi connectivity index (χ0v) is 33.3. The van der Waals surface area contributed by atoms with Crippen LogP contribution in [0.4, 0.5) is 0 Å². The van der Waals surface area contributed by atoms with Crippen molar-refractivity contribution in [3.05, 3.63) is 206 Å². The van der Waals surface area contributed by atoms with Gasteiger partial charge in [0.1, 0.15) is 11.2 Å². The Labute approximate surface area is 355 Å². The molecule has 13 rings (SSSR count). The number of aromatic nitrogens is 4. The van der Waals surface area contributed by atoms with Crippen LogP contribution in [-0.2, 0) is 0 Å². The number of nitrogens with zero attached hydrogens (tertiary/aromatic N) is 4. The highest BCUT2D eigenvalue weighted by Gasteiger charge is 2.22. The van der Waals surface area contributed by atoms with Gasteiger partial charge < -0.3 is 8.98 Å². The van der Waals surface area contributed by atoms with E-state index in [0.717, 1.165) is 71.9 Å². The summed E-state index contributed by atoms with van der Waals surface area (Å²) in [5.41, 5.74) is 9.75. The zero-order chi connectivity index (χ0) is 40.7. The molecule has 62 heavy (non-hydrogen) atoms. The van der Waals surface area contributed by atoms with Crippen LogP contribution in [0.1, 0.15) is 0 Å². The molecular formula is C57H34N4O. The van der Waals surface area contributed by atoms with Crippen LogP contribution in [0, 0.1) is 0 Å². The molecule has 3 heterocycles. The lowest BCUT2D eigenvalue weighted by atomic mass is 10.00. The van der Waals surface area contributed by atoms with Gasteiger partial charge in [-0.3, -0.25) is 0 Å². The van der Waals surface area contributed by atoms with Gasteiger partial charge in [-0.15, -0.1) is 0 Å². The molecule has 0 unspecified atom stereocenters. The van der Waals surface area contributed by atoms with Crippen LogP contribution in [0.25, 0.3) is 127 Å². The second kappa shape index (κ2) is 13.6. The standard InChI is InChI=1S/C57H34N4O/c1-2-12-35(13-3-1)36-22-25-38(26-23-36)55-58-56(42-28-29-45-41(30-42)27-24-37-14-6-7-17-44(37)45)60-57(59-55)43-33-51(54-47-19-9-11-21-52(47)62-53(54)34-43)61-49-20-10-8-18-46(49)48-31-39-15-4-5-16-40(39)32-50(48)61/h1-34H. The average Bonchev–Trinajstić information content (AvgIpc) is 3.88. The fourth-order valence-corrected chi connectivity index (χ4v) is 9.41. The minimum Gasteiger partial charge on any atom is -0.456 e. The van der Waals surface area contributed by atoms with Gasteiger partial charge in [-0.1, -0.05) is 164 Å². The van der Waals surface area contributed by atoms with Crippen LogP contribution < -0.4 is 0 Å². The lowest BCUT2D eigenvalue weighted by Crippen LogP contribution is -2.02. The molecule has 0 saturated heterocycles. The lowest BCUT2D eigenvalue weighted by Gasteiger charge is -2.14. The fraction of sp³-hybridized carbons (Fsp3) is 0. The van der Waals surface area contributed by atoms with Gasteiger partial charge in [-0.2, -0.15) is 0 Å². The summed E-state index contributed by atoms with van der Waals surface area (Å²) in [6, 6.07) is 72.8. The van der Waals surface area contributed by atoms with E-state index in [0.29, 0.717) is 17.5 Å². The molecule has 0 radical (unpaired) electrons. The summed E-state index contributed by atoms with van der Waals surface area (Å²) in [4.78, 5) is 15.8. The van der Waals surface area contributed by atoms with Crippen molar-refractivity contribution >= 4 is 76.1 Å². The van der Waals surface area contributed by atoms with E-state index in [9.17, 15) is 0 Å². The predicted molar refractivity (Wildman–Crippen MR) is 256 cm³/mol. The summed E-state index contributed by atoms with van der Waals surface area (Å²) in [7, 11) is 0. The van der Waals surface area contributed by atoms with Crippen LogP contribution in [-0.4, -0.2) is 19.5 Å². The highest BCUT2D eigenvalue weighted by molar-refractivity contribution is 6.17. The van der Waals surface area contributed by atoms with Gasteiger partial charge in [0.2, 0.25) is 0 Å². The Morgan fingerprint density at radius 3 is 1.71 bits per heavy atom. The highest BCUT2D eigenvalue weighted by Crippen LogP contribution is 2.42. The number of fused-ring (bicyclic) bond motifs is 10. The van der Waals surface area contributed by atoms with Crippen LogP contribution in [0.3, 0.4) is 0 Å². The van der Waals surface area contributed by atoms with E-state index < -0.39 is 0 Å². The average molecular weight is 791 g/mol. The predicted octanol–water partition coefficient (Wildman–Crippen LogP) is 15.0. The molecule has 10 aromatic carbocycles. The number of para-hydroxylation sites is 2. The lowest BCUT2D eigenvalue weighted by molar-refractivity contribution is 0.669. The Morgan fingerprint density at radius 1 is 0.306 bits per heavy atom. The molecule has 0 amide bonds. The van der Waals surface area contributed by atoms with Gasteiger partial charge in [0.25, 0.3) is 0 Å². The Balaban J connectivity index is 1.07. The number of hydrogen-bond donors (Lipinski definition) is 0. The maximum Gasteiger partial charge on any atom is 0.164 e. The number of hydrogen-bond acceptors (Lipinski definition) is 4. The van der Waals surface area contributed by atoms with Crippen molar-refractivity contribution in [3.8, 4) is 51.0 Å². The van der Waals surface area contributed by atoms with Crippen LogP contribution in [0.5, 0.6) is 0 Å². The van der Waals surface area contributed by atoms with Crippen molar-refractivity contribution in [1.29, 1.82) is 0 Å². The summed E-state index contributed by atoms with van der Waals surface area (Å²) < 4.78 is 9.12. The third-order valence-corrected chi connectivity index (χ3v) is 12.4. The van der Waals surface area contributed by atoms with E-state index >= 15 is 0 Å². The van der Waals surface area contributed by atoms with Crippen LogP contribution in [0.2, 0.25) is 0 Å². The van der Waals surface area contributed by atoms with Gasteiger partial charge in [-0.05, 0) is 85.9 Å². The molecule has 0 spiro atoms. The third-order valence-electron chi connectivity index (χ3n) is 12.4. The summed E-state index contributed by atoms with van der Waals surface area (Å²) in [5, 5.41) is 11.6. The molecule has 0 aliphatic carbocycles. The van der Waals surface area contributed by atoms with Gasteiger partial charge in [0.15, 0.2) is 17.5 Å². The number of furan rings is 1. The second-order valence-corrected chi connectivity index (χ2v) is 16.0. The first kappa shape index (κ1) is 34.5. The Hall–Kier alpha value is -8.41. The van der Waals surface area contributed by atoms with Gasteiger partial charge in [0, 0.05) is 32.8 Å². The topological polar surface area (TPSA) is 56.7 Å². The molecule has 0 bridgehead atoms. The summed E-state index contributed by atoms with van der Waals surface area (Å²) >= 11 is 0. The molecule has 0 aliphatic rings. The fourth-order valence-electron chi connectivity index (χ4n) is 9.41. The summed E-state index contributed by atoms with van der Waals surface area (Å²) in [6.07, 6.45) is 0. The Bertz CT molecular complexity index is 3920. The third kappa shape index (κ3) is 5.45. The first-order valence-electron chi connectivity index (χ1n) is 20.9. The monoisotopic (exact) mass is 790 g/mol. The van der Waals surface area contributed by atoms with E-state index in [1.165, 1.54) is 37.7 Å². The maximum absolute atomic E-state index is 6.73. The molecular weight excluding hydrogens is 757 g/mol. The number of benzene rings is 10. The van der Waals surface area contributed by atoms with Gasteiger partial charge in [0.05, 0.1) is 22.1 Å². The van der Waals surface area contributed by atoms with Crippen molar-refractivity contribution in [2.75, 3.05) is 0 Å². The quantitative estimate of drug-likeness (QED) is 0.163. The summed E-state index contributed by atoms with van der Waals surface area (Å²) in [5.74, 6) is 1.75. The van der Waals surface area contributed by atoms with Crippen molar-refractivity contribution in [1.82, 2.24) is 19.5 Å². The van der Waals surface area contributed by atoms with Crippen molar-refractivity contribution in [3.63, 3.8) is 0 Å². The molecule has 0 fully saturated rings. The molecule has 0 saturated carbocycles. The van der Waals surface area contributed by atoms with E-state index in [1.54, 1.807) is 0 Å². The van der Waals surface area contributed by atoms with Gasteiger partial charge >= 0.3 is 0 Å². The van der Waals surface area contributed by atoms with Crippen molar-refractivity contribution < 1.29 is 4.42 Å². The first-order valence-corrected chi connectivity index (χ1v) is 20.9. The van der Waals surface area contributed by atoms with E-state index in [2.05, 4.69) is 193 Å². The SMILES string of the molecule is c1ccc(-c2ccc(-c3nc(-c4ccc5c(ccc6ccccc65)c4)nc(-c4cc(-n5c6ccccc6c6cc7ccccc7cc65)c5c(c4)oc4ccccc45)n3)cc2)cc1. The smallest absolute Gasteiger partial charge is 0.164 e. The first-order chi connectivity index (χ1) is 30.7. The van der Waals surface area contributed by atoms with E-state index in [-0.39, 0.29) is 0 Å². The van der Waals surface area contributed by atoms with Crippen molar-refractivity contribution in [2.45, 2.75) is 0 Å². The molecule has 0 aliphatic heterocycles. The largest absolute Gasteiger partial charge is 0.456 e. The Morgan fingerprint density at radius 2 is 0.887 bits per heavy atom. The minimum absolute atomic E-state index is 0.561. The minimum atomic E-state index is 0.561.